The van der Waals surface area contributed by atoms with Gasteiger partial charge in [0.05, 0.1) is 24.7 Å². The number of aromatic nitrogens is 1. The Morgan fingerprint density at radius 3 is 3.00 bits per heavy atom. The first kappa shape index (κ1) is 14.3. The Bertz CT molecular complexity index is 677. The highest BCUT2D eigenvalue weighted by Crippen LogP contribution is 2.27. The van der Waals surface area contributed by atoms with E-state index in [0.717, 1.165) is 16.3 Å². The third-order valence-electron chi connectivity index (χ3n) is 3.19. The zero-order valence-electron chi connectivity index (χ0n) is 11.0. The van der Waals surface area contributed by atoms with Crippen LogP contribution in [-0.2, 0) is 17.2 Å². The molecule has 1 aromatic heterocycles. The lowest BCUT2D eigenvalue weighted by Crippen LogP contribution is -2.24. The van der Waals surface area contributed by atoms with E-state index in [-0.39, 0.29) is 12.4 Å². The number of amides is 1. The van der Waals surface area contributed by atoms with Crippen molar-refractivity contribution in [2.45, 2.75) is 12.4 Å². The normalized spacial score (nSPS) is 14.6. The Kier molecular flexibility index (Phi) is 4.07. The third kappa shape index (κ3) is 3.01. The second-order valence-corrected chi connectivity index (χ2v) is 5.75. The summed E-state index contributed by atoms with van der Waals surface area (Å²) >= 11 is 7.20. The predicted molar refractivity (Wildman–Crippen MR) is 78.8 cm³/mol. The molecule has 0 spiro atoms. The van der Waals surface area contributed by atoms with E-state index in [0.29, 0.717) is 24.6 Å². The van der Waals surface area contributed by atoms with Crippen molar-refractivity contribution < 1.29 is 13.9 Å². The van der Waals surface area contributed by atoms with E-state index >= 15 is 0 Å². The van der Waals surface area contributed by atoms with E-state index in [2.05, 4.69) is 4.98 Å². The third-order valence-corrected chi connectivity index (χ3v) is 4.40. The molecular formula is C14H12ClFN2O2S. The average Bonchev–Trinajstić information content (AvgIpc) is 3.11. The van der Waals surface area contributed by atoms with E-state index in [4.69, 9.17) is 16.3 Å². The van der Waals surface area contributed by atoms with Crippen LogP contribution in [0, 0.1) is 5.82 Å². The van der Waals surface area contributed by atoms with Crippen LogP contribution in [0.25, 0.3) is 10.6 Å². The van der Waals surface area contributed by atoms with Gasteiger partial charge >= 0.3 is 6.09 Å². The summed E-state index contributed by atoms with van der Waals surface area (Å²) in [5, 5.41) is 2.67. The molecule has 1 amide bonds. The highest BCUT2D eigenvalue weighted by atomic mass is 35.5. The van der Waals surface area contributed by atoms with Crippen LogP contribution < -0.4 is 0 Å². The van der Waals surface area contributed by atoms with Crippen molar-refractivity contribution in [1.29, 1.82) is 0 Å². The van der Waals surface area contributed by atoms with Gasteiger partial charge in [0.2, 0.25) is 0 Å². The second kappa shape index (κ2) is 5.99. The molecule has 110 valence electrons. The molecule has 0 unspecified atom stereocenters. The van der Waals surface area contributed by atoms with Crippen molar-refractivity contribution in [2.75, 3.05) is 13.2 Å². The minimum Gasteiger partial charge on any atom is -0.448 e. The molecular weight excluding hydrogens is 315 g/mol. The van der Waals surface area contributed by atoms with Gasteiger partial charge in [0, 0.05) is 16.5 Å². The Balaban J connectivity index is 1.87. The minimum absolute atomic E-state index is 0.201. The Hall–Kier alpha value is -1.66. The van der Waals surface area contributed by atoms with Gasteiger partial charge < -0.3 is 9.64 Å². The topological polar surface area (TPSA) is 42.4 Å². The first-order valence-electron chi connectivity index (χ1n) is 6.38. The number of hydrogen-bond acceptors (Lipinski definition) is 4. The molecule has 0 atom stereocenters. The molecule has 4 nitrogen and oxygen atoms in total. The van der Waals surface area contributed by atoms with Gasteiger partial charge in [-0.2, -0.15) is 0 Å². The smallest absolute Gasteiger partial charge is 0.410 e. The molecule has 1 aliphatic rings. The Morgan fingerprint density at radius 1 is 1.48 bits per heavy atom. The maximum absolute atomic E-state index is 13.9. The second-order valence-electron chi connectivity index (χ2n) is 4.62. The molecule has 2 heterocycles. The van der Waals surface area contributed by atoms with Crippen LogP contribution in [0.4, 0.5) is 9.18 Å². The summed E-state index contributed by atoms with van der Waals surface area (Å²) in [7, 11) is 0. The van der Waals surface area contributed by atoms with Gasteiger partial charge in [0.1, 0.15) is 17.4 Å². The van der Waals surface area contributed by atoms with E-state index in [9.17, 15) is 9.18 Å². The Morgan fingerprint density at radius 2 is 2.33 bits per heavy atom. The predicted octanol–water partition coefficient (Wildman–Crippen LogP) is 3.64. The number of nitrogens with zero attached hydrogens (tertiary/aromatic N) is 2. The molecule has 1 saturated heterocycles. The van der Waals surface area contributed by atoms with E-state index in [1.807, 2.05) is 5.38 Å². The number of ether oxygens (including phenoxy) is 1. The van der Waals surface area contributed by atoms with Crippen LogP contribution in [0.15, 0.2) is 23.6 Å². The summed E-state index contributed by atoms with van der Waals surface area (Å²) < 4.78 is 18.8. The van der Waals surface area contributed by atoms with Crippen LogP contribution in [-0.4, -0.2) is 29.1 Å². The van der Waals surface area contributed by atoms with Crippen molar-refractivity contribution in [3.8, 4) is 10.6 Å². The van der Waals surface area contributed by atoms with Crippen molar-refractivity contribution in [3.63, 3.8) is 0 Å². The average molecular weight is 327 g/mol. The number of benzene rings is 1. The lowest BCUT2D eigenvalue weighted by molar-refractivity contribution is 0.157. The fourth-order valence-corrected chi connectivity index (χ4v) is 3.15. The van der Waals surface area contributed by atoms with Crippen LogP contribution in [0.2, 0.25) is 0 Å². The van der Waals surface area contributed by atoms with Crippen LogP contribution in [0.1, 0.15) is 11.3 Å². The number of hydrogen-bond donors (Lipinski definition) is 0. The quantitative estimate of drug-likeness (QED) is 0.806. The van der Waals surface area contributed by atoms with Crippen LogP contribution in [0.3, 0.4) is 0 Å². The fraction of sp³-hybridized carbons (Fsp3) is 0.286. The summed E-state index contributed by atoms with van der Waals surface area (Å²) in [5.74, 6) is 0.0111. The SMILES string of the molecule is O=C1OCCN1Cc1cc(-c2nc(CCl)cs2)ccc1F. The van der Waals surface area contributed by atoms with Crippen molar-refractivity contribution in [2.24, 2.45) is 0 Å². The van der Waals surface area contributed by atoms with Gasteiger partial charge in [-0.15, -0.1) is 22.9 Å². The summed E-state index contributed by atoms with van der Waals surface area (Å²) in [4.78, 5) is 17.3. The summed E-state index contributed by atoms with van der Waals surface area (Å²) in [6, 6.07) is 4.80. The molecule has 7 heteroatoms. The summed E-state index contributed by atoms with van der Waals surface area (Å²) in [6.07, 6.45) is -0.404. The first-order valence-corrected chi connectivity index (χ1v) is 7.79. The number of carbonyl (C=O) groups is 1. The summed E-state index contributed by atoms with van der Waals surface area (Å²) in [5.41, 5.74) is 2.07. The Labute approximate surface area is 130 Å². The molecule has 0 bridgehead atoms. The molecule has 0 aliphatic carbocycles. The van der Waals surface area contributed by atoms with Gasteiger partial charge in [-0.05, 0) is 18.2 Å². The lowest BCUT2D eigenvalue weighted by Gasteiger charge is -2.13. The number of thiazole rings is 1. The molecule has 0 N–H and O–H groups in total. The maximum atomic E-state index is 13.9. The van der Waals surface area contributed by atoms with E-state index in [1.165, 1.54) is 22.3 Å². The molecule has 21 heavy (non-hydrogen) atoms. The number of cyclic esters (lactones) is 1. The molecule has 1 aromatic carbocycles. The molecule has 3 rings (SSSR count). The zero-order chi connectivity index (χ0) is 14.8. The zero-order valence-corrected chi connectivity index (χ0v) is 12.6. The number of halogens is 2. The molecule has 0 saturated carbocycles. The summed E-state index contributed by atoms with van der Waals surface area (Å²) in [6.45, 7) is 1.04. The lowest BCUT2D eigenvalue weighted by atomic mass is 10.1. The molecule has 2 aromatic rings. The van der Waals surface area contributed by atoms with Crippen molar-refractivity contribution >= 4 is 29.0 Å². The number of alkyl halides is 1. The standard InChI is InChI=1S/C14H12ClFN2O2S/c15-6-11-8-21-13(17-11)9-1-2-12(16)10(5-9)7-18-3-4-20-14(18)19/h1-2,5,8H,3-4,6-7H2. The van der Waals surface area contributed by atoms with Gasteiger partial charge in [0.25, 0.3) is 0 Å². The maximum Gasteiger partial charge on any atom is 0.410 e. The van der Waals surface area contributed by atoms with E-state index in [1.54, 1.807) is 12.1 Å². The van der Waals surface area contributed by atoms with Crippen LogP contribution >= 0.6 is 22.9 Å². The van der Waals surface area contributed by atoms with Crippen molar-refractivity contribution in [1.82, 2.24) is 9.88 Å². The van der Waals surface area contributed by atoms with Crippen LogP contribution in [0.5, 0.6) is 0 Å². The number of rotatable bonds is 4. The molecule has 1 aliphatic heterocycles. The van der Waals surface area contributed by atoms with Gasteiger partial charge in [-0.1, -0.05) is 0 Å². The van der Waals surface area contributed by atoms with Gasteiger partial charge in [-0.25, -0.2) is 14.2 Å². The highest BCUT2D eigenvalue weighted by molar-refractivity contribution is 7.13. The van der Waals surface area contributed by atoms with E-state index < -0.39 is 6.09 Å². The van der Waals surface area contributed by atoms with Gasteiger partial charge in [-0.3, -0.25) is 0 Å². The van der Waals surface area contributed by atoms with Crippen molar-refractivity contribution in [3.05, 3.63) is 40.7 Å². The number of carbonyl (C=O) groups excluding carboxylic acids is 1. The minimum atomic E-state index is -0.404. The highest BCUT2D eigenvalue weighted by Gasteiger charge is 2.23. The molecule has 0 radical (unpaired) electrons. The largest absolute Gasteiger partial charge is 0.448 e. The van der Waals surface area contributed by atoms with Gasteiger partial charge in [0.15, 0.2) is 0 Å². The monoisotopic (exact) mass is 326 g/mol. The first-order chi connectivity index (χ1) is 10.2. The fourth-order valence-electron chi connectivity index (χ4n) is 2.10. The molecule has 1 fully saturated rings.